The number of rotatable bonds is 3. The number of amides is 2. The van der Waals surface area contributed by atoms with Crippen molar-refractivity contribution in [1.29, 1.82) is 0 Å². The number of piperazine rings is 1. The predicted octanol–water partition coefficient (Wildman–Crippen LogP) is -2.43. The number of hydrogen-bond acceptors (Lipinski definition) is 5. The summed E-state index contributed by atoms with van der Waals surface area (Å²) in [4.78, 5) is 53.6. The number of hydrogen-bond donors (Lipinski definition) is 3. The van der Waals surface area contributed by atoms with Crippen molar-refractivity contribution in [2.24, 2.45) is 0 Å². The van der Waals surface area contributed by atoms with Crippen molar-refractivity contribution in [3.63, 3.8) is 0 Å². The fraction of sp³-hybridized carbons (Fsp3) is 0.500. The maximum atomic E-state index is 12.1. The van der Waals surface area contributed by atoms with Crippen LogP contribution in [0.4, 0.5) is 0 Å². The first-order valence-corrected chi connectivity index (χ1v) is 6.55. The van der Waals surface area contributed by atoms with Crippen molar-refractivity contribution in [2.45, 2.75) is 0 Å². The molecule has 1 fully saturated rings. The van der Waals surface area contributed by atoms with E-state index in [1.165, 1.54) is 7.05 Å². The van der Waals surface area contributed by atoms with Crippen LogP contribution in [0.5, 0.6) is 0 Å². The zero-order valence-electron chi connectivity index (χ0n) is 11.6. The van der Waals surface area contributed by atoms with Gasteiger partial charge in [0, 0.05) is 39.4 Å². The molecule has 1 aliphatic rings. The molecule has 3 N–H and O–H groups in total. The minimum absolute atomic E-state index is 0.114. The summed E-state index contributed by atoms with van der Waals surface area (Å²) in [6.07, 6.45) is 1.05. The van der Waals surface area contributed by atoms with Crippen molar-refractivity contribution in [2.75, 3.05) is 39.8 Å². The summed E-state index contributed by atoms with van der Waals surface area (Å²) in [5.74, 6) is -0.788. The van der Waals surface area contributed by atoms with Crippen LogP contribution in [0.25, 0.3) is 0 Å². The highest BCUT2D eigenvalue weighted by molar-refractivity contribution is 5.95. The van der Waals surface area contributed by atoms with E-state index < -0.39 is 17.2 Å². The molecule has 2 rings (SSSR count). The Balaban J connectivity index is 2.03. The average Bonchev–Trinajstić information content (AvgIpc) is 2.47. The van der Waals surface area contributed by atoms with E-state index in [9.17, 15) is 19.2 Å². The average molecular weight is 295 g/mol. The molecule has 21 heavy (non-hydrogen) atoms. The highest BCUT2D eigenvalue weighted by Gasteiger charge is 2.22. The zero-order chi connectivity index (χ0) is 15.4. The van der Waals surface area contributed by atoms with Crippen LogP contribution < -0.4 is 16.6 Å². The molecule has 0 radical (unpaired) electrons. The molecule has 114 valence electrons. The lowest BCUT2D eigenvalue weighted by molar-refractivity contribution is -0.132. The van der Waals surface area contributed by atoms with Gasteiger partial charge in [-0.1, -0.05) is 0 Å². The number of aromatic amines is 2. The van der Waals surface area contributed by atoms with Crippen LogP contribution in [0.2, 0.25) is 0 Å². The maximum absolute atomic E-state index is 12.1. The van der Waals surface area contributed by atoms with Gasteiger partial charge in [-0.2, -0.15) is 0 Å². The summed E-state index contributed by atoms with van der Waals surface area (Å²) in [6, 6.07) is 0. The van der Waals surface area contributed by atoms with E-state index in [0.717, 1.165) is 24.2 Å². The lowest BCUT2D eigenvalue weighted by Crippen LogP contribution is -2.50. The molecule has 1 aromatic heterocycles. The van der Waals surface area contributed by atoms with Crippen LogP contribution in [0.3, 0.4) is 0 Å². The molecule has 1 aromatic rings. The summed E-state index contributed by atoms with van der Waals surface area (Å²) >= 11 is 0. The molecule has 0 aromatic carbocycles. The van der Waals surface area contributed by atoms with E-state index in [0.29, 0.717) is 13.1 Å². The van der Waals surface area contributed by atoms with Gasteiger partial charge in [0.05, 0.1) is 6.54 Å². The number of likely N-dealkylation sites (N-methyl/N-ethyl adjacent to an activating group) is 1. The molecule has 2 heterocycles. The van der Waals surface area contributed by atoms with Crippen molar-refractivity contribution in [3.8, 4) is 0 Å². The van der Waals surface area contributed by atoms with Gasteiger partial charge in [-0.05, 0) is 0 Å². The number of nitrogens with zero attached hydrogens (tertiary/aromatic N) is 2. The first-order chi connectivity index (χ1) is 9.99. The summed E-state index contributed by atoms with van der Waals surface area (Å²) in [5, 5.41) is 3.13. The second-order valence-corrected chi connectivity index (χ2v) is 4.78. The highest BCUT2D eigenvalue weighted by atomic mass is 16.2. The van der Waals surface area contributed by atoms with E-state index in [2.05, 4.69) is 10.3 Å². The number of aromatic nitrogens is 2. The molecule has 0 saturated carbocycles. The Labute approximate surface area is 120 Å². The van der Waals surface area contributed by atoms with Crippen LogP contribution in [0, 0.1) is 0 Å². The lowest BCUT2D eigenvalue weighted by atomic mass is 10.3. The van der Waals surface area contributed by atoms with Crippen molar-refractivity contribution in [3.05, 3.63) is 32.6 Å². The minimum atomic E-state index is -0.773. The summed E-state index contributed by atoms with van der Waals surface area (Å²) in [6.45, 7) is 2.53. The van der Waals surface area contributed by atoms with E-state index in [4.69, 9.17) is 0 Å². The van der Waals surface area contributed by atoms with Crippen molar-refractivity contribution < 1.29 is 9.59 Å². The topological polar surface area (TPSA) is 118 Å². The van der Waals surface area contributed by atoms with Gasteiger partial charge < -0.3 is 20.1 Å². The fourth-order valence-corrected chi connectivity index (χ4v) is 2.06. The number of carbonyl (C=O) groups is 2. The monoisotopic (exact) mass is 295 g/mol. The Morgan fingerprint density at radius 3 is 2.57 bits per heavy atom. The van der Waals surface area contributed by atoms with Crippen LogP contribution in [0.15, 0.2) is 15.8 Å². The number of H-pyrrole nitrogens is 2. The Morgan fingerprint density at radius 1 is 1.29 bits per heavy atom. The molecule has 0 aliphatic carbocycles. The molecule has 1 saturated heterocycles. The van der Waals surface area contributed by atoms with Gasteiger partial charge in [0.15, 0.2) is 0 Å². The highest BCUT2D eigenvalue weighted by Crippen LogP contribution is 1.99. The molecule has 9 nitrogen and oxygen atoms in total. The van der Waals surface area contributed by atoms with E-state index in [-0.39, 0.29) is 18.0 Å². The first kappa shape index (κ1) is 15.0. The first-order valence-electron chi connectivity index (χ1n) is 6.55. The van der Waals surface area contributed by atoms with E-state index in [1.54, 1.807) is 4.90 Å². The Bertz CT molecular complexity index is 644. The lowest BCUT2D eigenvalue weighted by Gasteiger charge is -2.29. The molecular formula is C12H17N5O4. The molecule has 0 bridgehead atoms. The molecular weight excluding hydrogens is 278 g/mol. The maximum Gasteiger partial charge on any atom is 0.325 e. The third-order valence-electron chi connectivity index (χ3n) is 3.24. The van der Waals surface area contributed by atoms with Crippen LogP contribution >= 0.6 is 0 Å². The Hall–Kier alpha value is -2.42. The molecule has 9 heteroatoms. The molecule has 2 amide bonds. The second-order valence-electron chi connectivity index (χ2n) is 4.78. The third-order valence-corrected chi connectivity index (χ3v) is 3.24. The summed E-state index contributed by atoms with van der Waals surface area (Å²) < 4.78 is 0. The van der Waals surface area contributed by atoms with Gasteiger partial charge in [0.1, 0.15) is 5.56 Å². The second kappa shape index (κ2) is 6.35. The van der Waals surface area contributed by atoms with Gasteiger partial charge in [0.2, 0.25) is 5.91 Å². The Morgan fingerprint density at radius 2 is 1.95 bits per heavy atom. The smallest absolute Gasteiger partial charge is 0.325 e. The zero-order valence-corrected chi connectivity index (χ0v) is 11.6. The minimum Gasteiger partial charge on any atom is -0.339 e. The number of nitrogens with one attached hydrogen (secondary N) is 3. The van der Waals surface area contributed by atoms with Gasteiger partial charge in [-0.3, -0.25) is 19.4 Å². The molecule has 1 aliphatic heterocycles. The largest absolute Gasteiger partial charge is 0.339 e. The van der Waals surface area contributed by atoms with E-state index in [1.807, 2.05) is 4.98 Å². The van der Waals surface area contributed by atoms with Gasteiger partial charge in [-0.15, -0.1) is 0 Å². The third kappa shape index (κ3) is 3.57. The SMILES string of the molecule is CN(CC(=O)N1CCNCC1)C(=O)c1c[nH]c(=O)[nH]c1=O. The van der Waals surface area contributed by atoms with Gasteiger partial charge in [-0.25, -0.2) is 4.79 Å². The predicted molar refractivity (Wildman–Crippen MR) is 74.1 cm³/mol. The van der Waals surface area contributed by atoms with Crippen LogP contribution in [-0.2, 0) is 4.79 Å². The van der Waals surface area contributed by atoms with Gasteiger partial charge in [0.25, 0.3) is 11.5 Å². The van der Waals surface area contributed by atoms with Gasteiger partial charge >= 0.3 is 5.69 Å². The number of carbonyl (C=O) groups excluding carboxylic acids is 2. The molecule has 0 unspecified atom stereocenters. The Kier molecular flexibility index (Phi) is 4.53. The fourth-order valence-electron chi connectivity index (χ4n) is 2.06. The normalized spacial score (nSPS) is 14.8. The van der Waals surface area contributed by atoms with E-state index >= 15 is 0 Å². The molecule has 0 spiro atoms. The van der Waals surface area contributed by atoms with Crippen LogP contribution in [-0.4, -0.2) is 71.4 Å². The standard InChI is InChI=1S/C12H17N5O4/c1-16(7-9(18)17-4-2-13-3-5-17)11(20)8-6-14-12(21)15-10(8)19/h6,13H,2-5,7H2,1H3,(H2,14,15,19,21). The van der Waals surface area contributed by atoms with Crippen molar-refractivity contribution in [1.82, 2.24) is 25.1 Å². The van der Waals surface area contributed by atoms with Crippen molar-refractivity contribution >= 4 is 11.8 Å². The molecule has 0 atom stereocenters. The summed E-state index contributed by atoms with van der Waals surface area (Å²) in [7, 11) is 1.44. The quantitative estimate of drug-likeness (QED) is 0.573. The van der Waals surface area contributed by atoms with Crippen LogP contribution in [0.1, 0.15) is 10.4 Å². The summed E-state index contributed by atoms with van der Waals surface area (Å²) in [5.41, 5.74) is -1.66.